The van der Waals surface area contributed by atoms with Crippen LogP contribution < -0.4 is 0 Å². The minimum Gasteiger partial charge on any atom is -0.371 e. The zero-order chi connectivity index (χ0) is 13.0. The van der Waals surface area contributed by atoms with E-state index in [1.54, 1.807) is 0 Å². The number of ether oxygens (including phenoxy) is 2. The minimum absolute atomic E-state index is 0.272. The van der Waals surface area contributed by atoms with Gasteiger partial charge >= 0.3 is 0 Å². The van der Waals surface area contributed by atoms with Crippen molar-refractivity contribution in [1.82, 2.24) is 0 Å². The predicted octanol–water partition coefficient (Wildman–Crippen LogP) is 2.33. The van der Waals surface area contributed by atoms with Crippen LogP contribution in [0.3, 0.4) is 0 Å². The number of halogens is 2. The number of rotatable bonds is 4. The van der Waals surface area contributed by atoms with Gasteiger partial charge in [-0.15, -0.1) is 0 Å². The van der Waals surface area contributed by atoms with Crippen LogP contribution in [-0.4, -0.2) is 30.0 Å². The highest BCUT2D eigenvalue weighted by Crippen LogP contribution is 2.26. The van der Waals surface area contributed by atoms with Crippen molar-refractivity contribution in [3.05, 3.63) is 35.9 Å². The van der Waals surface area contributed by atoms with Gasteiger partial charge in [-0.25, -0.2) is 8.78 Å². The molecule has 2 rings (SSSR count). The number of aliphatic hydroxyl groups excluding tert-OH is 1. The number of hydrogen-bond acceptors (Lipinski definition) is 3. The molecule has 1 saturated heterocycles. The van der Waals surface area contributed by atoms with Gasteiger partial charge in [0.05, 0.1) is 12.7 Å². The molecule has 0 bridgehead atoms. The molecule has 1 aliphatic rings. The molecular weight excluding hydrogens is 242 g/mol. The van der Waals surface area contributed by atoms with Gasteiger partial charge in [0.15, 0.2) is 6.29 Å². The third kappa shape index (κ3) is 3.48. The van der Waals surface area contributed by atoms with Crippen molar-refractivity contribution in [3.8, 4) is 0 Å². The fraction of sp³-hybridized carbons (Fsp3) is 0.538. The second kappa shape index (κ2) is 6.22. The first-order valence-corrected chi connectivity index (χ1v) is 5.94. The van der Waals surface area contributed by atoms with Gasteiger partial charge in [-0.05, 0) is 12.0 Å². The van der Waals surface area contributed by atoms with E-state index in [-0.39, 0.29) is 6.61 Å². The maximum atomic E-state index is 12.8. The topological polar surface area (TPSA) is 38.7 Å². The SMILES string of the molecule is O[C@@H]1CC[C@H](OCc2ccccc2)[C@@H](C(F)F)O1. The molecule has 1 fully saturated rings. The summed E-state index contributed by atoms with van der Waals surface area (Å²) < 4.78 is 35.8. The summed E-state index contributed by atoms with van der Waals surface area (Å²) >= 11 is 0. The number of hydrogen-bond donors (Lipinski definition) is 1. The Morgan fingerprint density at radius 2 is 2.00 bits per heavy atom. The van der Waals surface area contributed by atoms with E-state index in [4.69, 9.17) is 9.47 Å². The van der Waals surface area contributed by atoms with Crippen LogP contribution in [0.2, 0.25) is 0 Å². The lowest BCUT2D eigenvalue weighted by Gasteiger charge is -2.33. The standard InChI is InChI=1S/C13H16F2O3/c14-13(15)12-10(6-7-11(16)18-12)17-8-9-4-2-1-3-5-9/h1-5,10-13,16H,6-8H2/t10-,11-,12-/m0/s1. The summed E-state index contributed by atoms with van der Waals surface area (Å²) in [5, 5.41) is 9.22. The molecule has 100 valence electrons. The quantitative estimate of drug-likeness (QED) is 0.900. The number of alkyl halides is 2. The molecule has 0 aliphatic carbocycles. The van der Waals surface area contributed by atoms with Crippen molar-refractivity contribution in [1.29, 1.82) is 0 Å². The Bertz CT molecular complexity index is 359. The van der Waals surface area contributed by atoms with E-state index in [2.05, 4.69) is 0 Å². The van der Waals surface area contributed by atoms with E-state index >= 15 is 0 Å². The average molecular weight is 258 g/mol. The van der Waals surface area contributed by atoms with E-state index in [0.717, 1.165) is 5.56 Å². The molecule has 0 aromatic heterocycles. The van der Waals surface area contributed by atoms with Crippen LogP contribution in [0, 0.1) is 0 Å². The molecule has 1 aromatic carbocycles. The van der Waals surface area contributed by atoms with Gasteiger partial charge in [0.1, 0.15) is 6.10 Å². The lowest BCUT2D eigenvalue weighted by molar-refractivity contribution is -0.242. The van der Waals surface area contributed by atoms with Crippen LogP contribution in [0.1, 0.15) is 18.4 Å². The lowest BCUT2D eigenvalue weighted by atomic mass is 10.0. The molecule has 0 amide bonds. The van der Waals surface area contributed by atoms with Crippen molar-refractivity contribution < 1.29 is 23.4 Å². The number of benzene rings is 1. The molecule has 1 N–H and O–H groups in total. The van der Waals surface area contributed by atoms with Gasteiger partial charge in [0.25, 0.3) is 6.43 Å². The summed E-state index contributed by atoms with van der Waals surface area (Å²) in [6.45, 7) is 0.272. The maximum absolute atomic E-state index is 12.8. The summed E-state index contributed by atoms with van der Waals surface area (Å²) in [5.41, 5.74) is 0.927. The molecule has 1 aliphatic heterocycles. The Morgan fingerprint density at radius 3 is 2.67 bits per heavy atom. The molecule has 3 nitrogen and oxygen atoms in total. The van der Waals surface area contributed by atoms with Crippen LogP contribution in [0.25, 0.3) is 0 Å². The average Bonchev–Trinajstić information content (AvgIpc) is 2.38. The zero-order valence-corrected chi connectivity index (χ0v) is 9.84. The van der Waals surface area contributed by atoms with Crippen molar-refractivity contribution >= 4 is 0 Å². The molecule has 0 radical (unpaired) electrons. The molecule has 3 atom stereocenters. The summed E-state index contributed by atoms with van der Waals surface area (Å²) in [5.74, 6) is 0. The Morgan fingerprint density at radius 1 is 1.28 bits per heavy atom. The van der Waals surface area contributed by atoms with E-state index in [9.17, 15) is 13.9 Å². The van der Waals surface area contributed by atoms with E-state index < -0.39 is 24.9 Å². The zero-order valence-electron chi connectivity index (χ0n) is 9.84. The normalized spacial score (nSPS) is 28.6. The summed E-state index contributed by atoms with van der Waals surface area (Å²) in [6.07, 6.45) is -5.08. The van der Waals surface area contributed by atoms with Crippen molar-refractivity contribution in [3.63, 3.8) is 0 Å². The van der Waals surface area contributed by atoms with Gasteiger partial charge in [-0.2, -0.15) is 0 Å². The second-order valence-electron chi connectivity index (χ2n) is 4.30. The van der Waals surface area contributed by atoms with Gasteiger partial charge < -0.3 is 14.6 Å². The summed E-state index contributed by atoms with van der Waals surface area (Å²) in [6, 6.07) is 9.35. The molecule has 1 aromatic rings. The lowest BCUT2D eigenvalue weighted by Crippen LogP contribution is -2.44. The predicted molar refractivity (Wildman–Crippen MR) is 61.1 cm³/mol. The van der Waals surface area contributed by atoms with Crippen molar-refractivity contribution in [2.24, 2.45) is 0 Å². The molecule has 0 spiro atoms. The Labute approximate surface area is 104 Å². The molecular formula is C13H16F2O3. The second-order valence-corrected chi connectivity index (χ2v) is 4.30. The molecule has 5 heteroatoms. The maximum Gasteiger partial charge on any atom is 0.267 e. The number of aliphatic hydroxyl groups is 1. The first-order chi connectivity index (χ1) is 8.66. The smallest absolute Gasteiger partial charge is 0.267 e. The Balaban J connectivity index is 1.91. The van der Waals surface area contributed by atoms with Crippen LogP contribution in [0.5, 0.6) is 0 Å². The van der Waals surface area contributed by atoms with Gasteiger partial charge in [0, 0.05) is 6.42 Å². The van der Waals surface area contributed by atoms with Crippen molar-refractivity contribution in [2.75, 3.05) is 0 Å². The highest BCUT2D eigenvalue weighted by atomic mass is 19.3. The third-order valence-electron chi connectivity index (χ3n) is 2.93. The highest BCUT2D eigenvalue weighted by molar-refractivity contribution is 5.13. The Kier molecular flexibility index (Phi) is 4.63. The van der Waals surface area contributed by atoms with Crippen LogP contribution in [0.15, 0.2) is 30.3 Å². The first kappa shape index (κ1) is 13.4. The summed E-state index contributed by atoms with van der Waals surface area (Å²) in [7, 11) is 0. The molecule has 0 unspecified atom stereocenters. The largest absolute Gasteiger partial charge is 0.371 e. The Hall–Kier alpha value is -1.04. The van der Waals surface area contributed by atoms with E-state index in [1.165, 1.54) is 0 Å². The van der Waals surface area contributed by atoms with Crippen LogP contribution in [0.4, 0.5) is 8.78 Å². The molecule has 18 heavy (non-hydrogen) atoms. The fourth-order valence-corrected chi connectivity index (χ4v) is 1.99. The first-order valence-electron chi connectivity index (χ1n) is 5.94. The molecule has 0 saturated carbocycles. The van der Waals surface area contributed by atoms with Gasteiger partial charge in [0.2, 0.25) is 0 Å². The minimum atomic E-state index is -2.65. The fourth-order valence-electron chi connectivity index (χ4n) is 1.99. The van der Waals surface area contributed by atoms with E-state index in [1.807, 2.05) is 30.3 Å². The van der Waals surface area contributed by atoms with Gasteiger partial charge in [-0.1, -0.05) is 30.3 Å². The van der Waals surface area contributed by atoms with Crippen LogP contribution >= 0.6 is 0 Å². The van der Waals surface area contributed by atoms with E-state index in [0.29, 0.717) is 12.8 Å². The van der Waals surface area contributed by atoms with Crippen LogP contribution in [-0.2, 0) is 16.1 Å². The van der Waals surface area contributed by atoms with Crippen molar-refractivity contribution in [2.45, 2.75) is 44.4 Å². The van der Waals surface area contributed by atoms with Gasteiger partial charge in [-0.3, -0.25) is 0 Å². The summed E-state index contributed by atoms with van der Waals surface area (Å²) in [4.78, 5) is 0. The molecule has 1 heterocycles. The third-order valence-corrected chi connectivity index (χ3v) is 2.93. The monoisotopic (exact) mass is 258 g/mol. The highest BCUT2D eigenvalue weighted by Gasteiger charge is 2.37.